The van der Waals surface area contributed by atoms with Gasteiger partial charge in [-0.25, -0.2) is 4.98 Å². The van der Waals surface area contributed by atoms with Crippen LogP contribution >= 0.6 is 0 Å². The number of hydrogen-bond donors (Lipinski definition) is 2. The predicted molar refractivity (Wildman–Crippen MR) is 75.7 cm³/mol. The monoisotopic (exact) mass is 249 g/mol. The average Bonchev–Trinajstić information content (AvgIpc) is 2.36. The van der Waals surface area contributed by atoms with E-state index in [1.165, 1.54) is 19.3 Å². The molecule has 1 amide bonds. The van der Waals surface area contributed by atoms with Crippen LogP contribution in [0, 0.1) is 5.92 Å². The Labute approximate surface area is 109 Å². The van der Waals surface area contributed by atoms with Crippen molar-refractivity contribution in [1.29, 1.82) is 0 Å². The summed E-state index contributed by atoms with van der Waals surface area (Å²) in [5.74, 6) is 0.567. The topological polar surface area (TPSA) is 54.0 Å². The van der Waals surface area contributed by atoms with Gasteiger partial charge in [-0.05, 0) is 18.6 Å². The number of anilines is 2. The highest BCUT2D eigenvalue weighted by Crippen LogP contribution is 2.11. The lowest BCUT2D eigenvalue weighted by molar-refractivity contribution is -0.118. The third-order valence-corrected chi connectivity index (χ3v) is 2.65. The molecule has 18 heavy (non-hydrogen) atoms. The van der Waals surface area contributed by atoms with E-state index in [0.29, 0.717) is 5.82 Å². The van der Waals surface area contributed by atoms with Crippen LogP contribution in [-0.2, 0) is 4.79 Å². The second-order valence-corrected chi connectivity index (χ2v) is 4.71. The van der Waals surface area contributed by atoms with Crippen molar-refractivity contribution in [3.05, 3.63) is 18.3 Å². The Balaban J connectivity index is 2.40. The van der Waals surface area contributed by atoms with E-state index in [0.717, 1.165) is 12.2 Å². The van der Waals surface area contributed by atoms with Gasteiger partial charge in [0, 0.05) is 12.5 Å². The van der Waals surface area contributed by atoms with Crippen molar-refractivity contribution in [3.8, 4) is 0 Å². The molecule has 1 aromatic rings. The summed E-state index contributed by atoms with van der Waals surface area (Å²) in [5, 5.41) is 6.07. The maximum absolute atomic E-state index is 11.5. The van der Waals surface area contributed by atoms with E-state index in [4.69, 9.17) is 0 Å². The van der Waals surface area contributed by atoms with E-state index in [2.05, 4.69) is 22.5 Å². The molecule has 0 aliphatic carbocycles. The molecule has 0 radical (unpaired) electrons. The largest absolute Gasteiger partial charge is 0.384 e. The summed E-state index contributed by atoms with van der Waals surface area (Å²) in [7, 11) is 0. The van der Waals surface area contributed by atoms with E-state index in [1.807, 2.05) is 26.0 Å². The van der Waals surface area contributed by atoms with Gasteiger partial charge in [-0.2, -0.15) is 0 Å². The predicted octanol–water partition coefficient (Wildman–Crippen LogP) is 3.28. The average molecular weight is 249 g/mol. The Morgan fingerprint density at radius 1 is 1.33 bits per heavy atom. The van der Waals surface area contributed by atoms with Gasteiger partial charge < -0.3 is 10.6 Å². The Morgan fingerprint density at radius 2 is 2.11 bits per heavy atom. The zero-order chi connectivity index (χ0) is 13.4. The summed E-state index contributed by atoms with van der Waals surface area (Å²) in [4.78, 5) is 15.7. The smallest absolute Gasteiger partial charge is 0.228 e. The fourth-order valence-electron chi connectivity index (χ4n) is 1.45. The Morgan fingerprint density at radius 3 is 2.67 bits per heavy atom. The zero-order valence-corrected chi connectivity index (χ0v) is 11.5. The molecule has 0 unspecified atom stereocenters. The molecular weight excluding hydrogens is 226 g/mol. The highest BCUT2D eigenvalue weighted by Gasteiger charge is 2.07. The first-order valence-corrected chi connectivity index (χ1v) is 6.64. The molecule has 0 fully saturated rings. The maximum atomic E-state index is 11.5. The minimum atomic E-state index is -0.0290. The minimum absolute atomic E-state index is 0.00819. The molecular formula is C14H23N3O. The van der Waals surface area contributed by atoms with Gasteiger partial charge in [0.05, 0.1) is 11.9 Å². The number of carbonyl (C=O) groups is 1. The van der Waals surface area contributed by atoms with E-state index in [9.17, 15) is 4.79 Å². The van der Waals surface area contributed by atoms with Crippen LogP contribution < -0.4 is 10.6 Å². The number of carbonyl (C=O) groups excluding carboxylic acids is 1. The van der Waals surface area contributed by atoms with Crippen LogP contribution in [-0.4, -0.2) is 17.4 Å². The third kappa shape index (κ3) is 5.17. The van der Waals surface area contributed by atoms with Gasteiger partial charge >= 0.3 is 0 Å². The quantitative estimate of drug-likeness (QED) is 0.729. The van der Waals surface area contributed by atoms with Gasteiger partial charge in [-0.3, -0.25) is 4.79 Å². The van der Waals surface area contributed by atoms with Gasteiger partial charge in [0.25, 0.3) is 0 Å². The molecule has 100 valence electrons. The van der Waals surface area contributed by atoms with Crippen molar-refractivity contribution in [2.45, 2.75) is 40.0 Å². The highest BCUT2D eigenvalue weighted by molar-refractivity contribution is 5.91. The molecule has 1 rings (SSSR count). The van der Waals surface area contributed by atoms with Crippen LogP contribution in [0.1, 0.15) is 40.0 Å². The van der Waals surface area contributed by atoms with Crippen LogP contribution in [0.2, 0.25) is 0 Å². The van der Waals surface area contributed by atoms with Gasteiger partial charge in [0.1, 0.15) is 5.82 Å². The molecule has 4 heteroatoms. The first-order chi connectivity index (χ1) is 8.63. The zero-order valence-electron chi connectivity index (χ0n) is 11.5. The lowest BCUT2D eigenvalue weighted by atomic mass is 10.2. The molecule has 0 bridgehead atoms. The van der Waals surface area contributed by atoms with Crippen molar-refractivity contribution in [1.82, 2.24) is 4.98 Å². The van der Waals surface area contributed by atoms with Crippen LogP contribution in [0.5, 0.6) is 0 Å². The minimum Gasteiger partial charge on any atom is -0.384 e. The van der Waals surface area contributed by atoms with Crippen LogP contribution in [0.4, 0.5) is 11.5 Å². The molecule has 0 saturated carbocycles. The first-order valence-electron chi connectivity index (χ1n) is 6.64. The molecule has 0 aliphatic heterocycles. The molecule has 0 atom stereocenters. The van der Waals surface area contributed by atoms with Crippen molar-refractivity contribution in [3.63, 3.8) is 0 Å². The maximum Gasteiger partial charge on any atom is 0.228 e. The summed E-state index contributed by atoms with van der Waals surface area (Å²) in [6.45, 7) is 6.87. The van der Waals surface area contributed by atoms with Crippen molar-refractivity contribution < 1.29 is 4.79 Å². The molecule has 0 aromatic carbocycles. The van der Waals surface area contributed by atoms with Crippen molar-refractivity contribution >= 4 is 17.4 Å². The number of amides is 1. The second-order valence-electron chi connectivity index (χ2n) is 4.71. The first kappa shape index (κ1) is 14.5. The summed E-state index contributed by atoms with van der Waals surface area (Å²) in [6, 6.07) is 3.76. The molecule has 4 nitrogen and oxygen atoms in total. The third-order valence-electron chi connectivity index (χ3n) is 2.65. The van der Waals surface area contributed by atoms with Crippen LogP contribution in [0.25, 0.3) is 0 Å². The van der Waals surface area contributed by atoms with E-state index < -0.39 is 0 Å². The standard InChI is InChI=1S/C14H23N3O/c1-4-5-6-9-15-12-7-8-13(16-10-12)17-14(18)11(2)3/h7-8,10-11,15H,4-6,9H2,1-3H3,(H,16,17,18). The number of rotatable bonds is 7. The SMILES string of the molecule is CCCCCNc1ccc(NC(=O)C(C)C)nc1. The summed E-state index contributed by atoms with van der Waals surface area (Å²) in [5.41, 5.74) is 0.994. The fourth-order valence-corrected chi connectivity index (χ4v) is 1.45. The second kappa shape index (κ2) is 7.69. The molecule has 0 spiro atoms. The number of nitrogens with zero attached hydrogens (tertiary/aromatic N) is 1. The van der Waals surface area contributed by atoms with E-state index in [-0.39, 0.29) is 11.8 Å². The number of aromatic nitrogens is 1. The van der Waals surface area contributed by atoms with Gasteiger partial charge in [-0.15, -0.1) is 0 Å². The molecule has 0 aliphatic rings. The fraction of sp³-hybridized carbons (Fsp3) is 0.571. The van der Waals surface area contributed by atoms with Crippen molar-refractivity contribution in [2.24, 2.45) is 5.92 Å². The van der Waals surface area contributed by atoms with E-state index >= 15 is 0 Å². The Bertz CT molecular complexity index is 360. The molecule has 1 aromatic heterocycles. The van der Waals surface area contributed by atoms with Gasteiger partial charge in [0.15, 0.2) is 0 Å². The highest BCUT2D eigenvalue weighted by atomic mass is 16.1. The van der Waals surface area contributed by atoms with Crippen LogP contribution in [0.3, 0.4) is 0 Å². The summed E-state index contributed by atoms with van der Waals surface area (Å²) >= 11 is 0. The molecule has 1 heterocycles. The molecule has 2 N–H and O–H groups in total. The number of pyridine rings is 1. The Hall–Kier alpha value is -1.58. The van der Waals surface area contributed by atoms with Crippen molar-refractivity contribution in [2.75, 3.05) is 17.2 Å². The van der Waals surface area contributed by atoms with Gasteiger partial charge in [-0.1, -0.05) is 33.6 Å². The molecule has 0 saturated heterocycles. The lowest BCUT2D eigenvalue weighted by Crippen LogP contribution is -2.18. The summed E-state index contributed by atoms with van der Waals surface area (Å²) < 4.78 is 0. The van der Waals surface area contributed by atoms with Crippen LogP contribution in [0.15, 0.2) is 18.3 Å². The normalized spacial score (nSPS) is 10.4. The van der Waals surface area contributed by atoms with E-state index in [1.54, 1.807) is 6.20 Å². The Kier molecular flexibility index (Phi) is 6.19. The number of hydrogen-bond acceptors (Lipinski definition) is 3. The van der Waals surface area contributed by atoms with Gasteiger partial charge in [0.2, 0.25) is 5.91 Å². The number of nitrogens with one attached hydrogen (secondary N) is 2. The summed E-state index contributed by atoms with van der Waals surface area (Å²) in [6.07, 6.45) is 5.38. The lowest BCUT2D eigenvalue weighted by Gasteiger charge is -2.08. The number of unbranched alkanes of at least 4 members (excludes halogenated alkanes) is 2.